The van der Waals surface area contributed by atoms with Gasteiger partial charge in [-0.2, -0.15) is 0 Å². The smallest absolute Gasteiger partial charge is 0.0385 e. The van der Waals surface area contributed by atoms with E-state index >= 15 is 0 Å². The van der Waals surface area contributed by atoms with Crippen molar-refractivity contribution in [3.63, 3.8) is 0 Å². The minimum atomic E-state index is 0.280. The molecule has 2 fully saturated rings. The van der Waals surface area contributed by atoms with Crippen LogP contribution >= 0.6 is 0 Å². The second kappa shape index (κ2) is 4.89. The molecular formula is C15H30N2. The summed E-state index contributed by atoms with van der Waals surface area (Å²) in [6, 6.07) is 0.843. The van der Waals surface area contributed by atoms with Crippen LogP contribution in [0.3, 0.4) is 0 Å². The van der Waals surface area contributed by atoms with Gasteiger partial charge < -0.3 is 5.73 Å². The van der Waals surface area contributed by atoms with Crippen LogP contribution in [0, 0.1) is 5.41 Å². The topological polar surface area (TPSA) is 29.3 Å². The van der Waals surface area contributed by atoms with Gasteiger partial charge in [-0.15, -0.1) is 0 Å². The zero-order valence-electron chi connectivity index (χ0n) is 12.0. The minimum Gasteiger partial charge on any atom is -0.329 e. The summed E-state index contributed by atoms with van der Waals surface area (Å²) >= 11 is 0. The predicted octanol–water partition coefficient (Wildman–Crippen LogP) is 3.16. The molecule has 2 N–H and O–H groups in total. The molecule has 1 unspecified atom stereocenters. The minimum absolute atomic E-state index is 0.280. The molecule has 0 bridgehead atoms. The average molecular weight is 238 g/mol. The fraction of sp³-hybridized carbons (Fsp3) is 1.00. The van der Waals surface area contributed by atoms with E-state index in [1.165, 1.54) is 51.5 Å². The molecule has 0 aromatic carbocycles. The van der Waals surface area contributed by atoms with E-state index in [9.17, 15) is 0 Å². The van der Waals surface area contributed by atoms with Crippen LogP contribution in [0.4, 0.5) is 0 Å². The Kier molecular flexibility index (Phi) is 3.84. The summed E-state index contributed by atoms with van der Waals surface area (Å²) in [5.41, 5.74) is 6.94. The van der Waals surface area contributed by atoms with Gasteiger partial charge in [-0.1, -0.05) is 33.6 Å². The lowest BCUT2D eigenvalue weighted by atomic mass is 9.62. The molecule has 0 aromatic heterocycles. The molecule has 17 heavy (non-hydrogen) atoms. The quantitative estimate of drug-likeness (QED) is 0.797. The molecule has 0 spiro atoms. The third kappa shape index (κ3) is 2.26. The lowest BCUT2D eigenvalue weighted by molar-refractivity contribution is -0.0493. The lowest BCUT2D eigenvalue weighted by Crippen LogP contribution is -2.64. The van der Waals surface area contributed by atoms with E-state index in [2.05, 4.69) is 25.7 Å². The maximum absolute atomic E-state index is 6.27. The maximum atomic E-state index is 6.27. The van der Waals surface area contributed by atoms with E-state index in [0.717, 1.165) is 12.6 Å². The van der Waals surface area contributed by atoms with E-state index in [1.54, 1.807) is 0 Å². The Balaban J connectivity index is 2.25. The standard InChI is InChI=1S/C15H30N2/c1-4-11-17(13-7-8-13)15(12-16)10-6-5-9-14(15,2)3/h13H,4-12,16H2,1-3H3. The van der Waals surface area contributed by atoms with Gasteiger partial charge in [0, 0.05) is 18.1 Å². The Hall–Kier alpha value is -0.0800. The van der Waals surface area contributed by atoms with Gasteiger partial charge in [-0.25, -0.2) is 0 Å². The van der Waals surface area contributed by atoms with Gasteiger partial charge in [0.15, 0.2) is 0 Å². The van der Waals surface area contributed by atoms with Crippen LogP contribution in [0.5, 0.6) is 0 Å². The molecule has 2 rings (SSSR count). The van der Waals surface area contributed by atoms with Crippen molar-refractivity contribution in [2.75, 3.05) is 13.1 Å². The Morgan fingerprint density at radius 3 is 2.29 bits per heavy atom. The third-order valence-electron chi connectivity index (χ3n) is 5.24. The van der Waals surface area contributed by atoms with E-state index in [0.29, 0.717) is 5.41 Å². The summed E-state index contributed by atoms with van der Waals surface area (Å²) in [5, 5.41) is 0. The van der Waals surface area contributed by atoms with Crippen LogP contribution in [0.1, 0.15) is 65.7 Å². The van der Waals surface area contributed by atoms with E-state index in [4.69, 9.17) is 5.73 Å². The van der Waals surface area contributed by atoms with Crippen LogP contribution in [0.15, 0.2) is 0 Å². The van der Waals surface area contributed by atoms with Gasteiger partial charge in [0.2, 0.25) is 0 Å². The largest absolute Gasteiger partial charge is 0.329 e. The van der Waals surface area contributed by atoms with Crippen LogP contribution in [0.2, 0.25) is 0 Å². The first-order valence-corrected chi connectivity index (χ1v) is 7.54. The Morgan fingerprint density at radius 2 is 1.82 bits per heavy atom. The van der Waals surface area contributed by atoms with E-state index < -0.39 is 0 Å². The molecule has 2 heteroatoms. The number of nitrogens with two attached hydrogens (primary N) is 1. The third-order valence-corrected chi connectivity index (χ3v) is 5.24. The highest BCUT2D eigenvalue weighted by Crippen LogP contribution is 2.50. The molecule has 0 aromatic rings. The van der Waals surface area contributed by atoms with Crippen LogP contribution < -0.4 is 5.73 Å². The van der Waals surface area contributed by atoms with Crippen molar-refractivity contribution >= 4 is 0 Å². The number of nitrogens with zero attached hydrogens (tertiary/aromatic N) is 1. The van der Waals surface area contributed by atoms with Crippen LogP contribution in [-0.2, 0) is 0 Å². The molecule has 2 aliphatic rings. The molecule has 0 heterocycles. The van der Waals surface area contributed by atoms with Crippen molar-refractivity contribution in [3.05, 3.63) is 0 Å². The van der Waals surface area contributed by atoms with Gasteiger partial charge in [-0.3, -0.25) is 4.90 Å². The summed E-state index contributed by atoms with van der Waals surface area (Å²) < 4.78 is 0. The molecule has 2 aliphatic carbocycles. The molecule has 1 atom stereocenters. The van der Waals surface area contributed by atoms with Crippen molar-refractivity contribution in [2.24, 2.45) is 11.1 Å². The lowest BCUT2D eigenvalue weighted by Gasteiger charge is -2.56. The van der Waals surface area contributed by atoms with Gasteiger partial charge in [-0.05, 0) is 44.1 Å². The van der Waals surface area contributed by atoms with Gasteiger partial charge >= 0.3 is 0 Å². The Labute approximate surface area is 107 Å². The monoisotopic (exact) mass is 238 g/mol. The van der Waals surface area contributed by atoms with Gasteiger partial charge in [0.25, 0.3) is 0 Å². The fourth-order valence-corrected chi connectivity index (χ4v) is 3.96. The summed E-state index contributed by atoms with van der Waals surface area (Å²) in [6.45, 7) is 9.28. The SMILES string of the molecule is CCCN(C1CC1)C1(CN)CCCCC1(C)C. The van der Waals surface area contributed by atoms with Crippen LogP contribution in [-0.4, -0.2) is 29.6 Å². The summed E-state index contributed by atoms with van der Waals surface area (Å²) in [4.78, 5) is 2.80. The number of rotatable bonds is 5. The molecule has 2 saturated carbocycles. The molecule has 100 valence electrons. The highest BCUT2D eigenvalue weighted by Gasteiger charge is 2.52. The Bertz CT molecular complexity index is 258. The van der Waals surface area contributed by atoms with Gasteiger partial charge in [0.1, 0.15) is 0 Å². The van der Waals surface area contributed by atoms with Crippen molar-refractivity contribution in [1.82, 2.24) is 4.90 Å². The van der Waals surface area contributed by atoms with Gasteiger partial charge in [0.05, 0.1) is 0 Å². The highest BCUT2D eigenvalue weighted by molar-refractivity contribution is 5.08. The molecular weight excluding hydrogens is 208 g/mol. The van der Waals surface area contributed by atoms with Crippen molar-refractivity contribution in [3.8, 4) is 0 Å². The molecule has 0 amide bonds. The summed E-state index contributed by atoms with van der Waals surface area (Å²) in [7, 11) is 0. The van der Waals surface area contributed by atoms with E-state index in [-0.39, 0.29) is 5.54 Å². The molecule has 0 saturated heterocycles. The second-order valence-electron chi connectivity index (χ2n) is 6.75. The first kappa shape index (κ1) is 13.4. The second-order valence-corrected chi connectivity index (χ2v) is 6.75. The fourth-order valence-electron chi connectivity index (χ4n) is 3.96. The zero-order valence-corrected chi connectivity index (χ0v) is 12.0. The van der Waals surface area contributed by atoms with Crippen LogP contribution in [0.25, 0.3) is 0 Å². The Morgan fingerprint density at radius 1 is 1.18 bits per heavy atom. The summed E-state index contributed by atoms with van der Waals surface area (Å²) in [6.07, 6.45) is 9.47. The number of hydrogen-bond acceptors (Lipinski definition) is 2. The zero-order chi connectivity index (χ0) is 12.5. The van der Waals surface area contributed by atoms with Crippen molar-refractivity contribution in [2.45, 2.75) is 77.3 Å². The predicted molar refractivity (Wildman–Crippen MR) is 74.1 cm³/mol. The van der Waals surface area contributed by atoms with Crippen molar-refractivity contribution in [1.29, 1.82) is 0 Å². The molecule has 0 aliphatic heterocycles. The first-order valence-electron chi connectivity index (χ1n) is 7.54. The highest BCUT2D eigenvalue weighted by atomic mass is 15.3. The summed E-state index contributed by atoms with van der Waals surface area (Å²) in [5.74, 6) is 0. The molecule has 2 nitrogen and oxygen atoms in total. The normalized spacial score (nSPS) is 33.0. The van der Waals surface area contributed by atoms with Crippen molar-refractivity contribution < 1.29 is 0 Å². The first-order chi connectivity index (χ1) is 8.07. The number of hydrogen-bond donors (Lipinski definition) is 1. The van der Waals surface area contributed by atoms with E-state index in [1.807, 2.05) is 0 Å². The average Bonchev–Trinajstić information content (AvgIpc) is 3.10. The molecule has 0 radical (unpaired) electrons. The maximum Gasteiger partial charge on any atom is 0.0385 e.